The fourth-order valence-corrected chi connectivity index (χ4v) is 2.29. The number of para-hydroxylation sites is 2. The lowest BCUT2D eigenvalue weighted by Crippen LogP contribution is -2.07. The summed E-state index contributed by atoms with van der Waals surface area (Å²) in [5, 5.41) is 14.4. The van der Waals surface area contributed by atoms with Gasteiger partial charge in [0.1, 0.15) is 5.75 Å². The van der Waals surface area contributed by atoms with Crippen molar-refractivity contribution in [1.29, 1.82) is 0 Å². The second kappa shape index (κ2) is 5.19. The molecule has 0 fully saturated rings. The number of phenolic OH excluding ortho intramolecular Hbond substituents is 1. The molecule has 0 aliphatic heterocycles. The van der Waals surface area contributed by atoms with Crippen LogP contribution in [0, 0.1) is 0 Å². The molecule has 3 aromatic rings. The zero-order valence-electron chi connectivity index (χ0n) is 10.9. The van der Waals surface area contributed by atoms with E-state index in [1.165, 1.54) is 0 Å². The molecule has 0 saturated heterocycles. The minimum Gasteiger partial charge on any atom is -0.507 e. The summed E-state index contributed by atoms with van der Waals surface area (Å²) in [4.78, 5) is 0. The molecule has 4 heteroatoms. The first kappa shape index (κ1) is 12.4. The van der Waals surface area contributed by atoms with Gasteiger partial charge in [-0.2, -0.15) is 5.10 Å². The Morgan fingerprint density at radius 2 is 1.65 bits per heavy atom. The fraction of sp³-hybridized carbons (Fsp3) is 0.0625. The number of aromatic hydroxyl groups is 1. The molecule has 0 amide bonds. The molecular weight excluding hydrogens is 250 g/mol. The van der Waals surface area contributed by atoms with Gasteiger partial charge < -0.3 is 10.8 Å². The molecule has 0 spiro atoms. The van der Waals surface area contributed by atoms with Crippen molar-refractivity contribution >= 4 is 0 Å². The van der Waals surface area contributed by atoms with Crippen molar-refractivity contribution in [2.24, 2.45) is 5.73 Å². The average molecular weight is 265 g/mol. The minimum absolute atomic E-state index is 0.231. The lowest BCUT2D eigenvalue weighted by atomic mass is 10.1. The van der Waals surface area contributed by atoms with Crippen molar-refractivity contribution in [2.45, 2.75) is 6.54 Å². The maximum atomic E-state index is 9.99. The molecule has 1 aromatic heterocycles. The molecule has 0 bridgehead atoms. The van der Waals surface area contributed by atoms with Crippen LogP contribution in [0.3, 0.4) is 0 Å². The molecule has 0 unspecified atom stereocenters. The zero-order chi connectivity index (χ0) is 13.9. The van der Waals surface area contributed by atoms with Crippen LogP contribution in [0.1, 0.15) is 5.69 Å². The van der Waals surface area contributed by atoms with Crippen LogP contribution in [-0.2, 0) is 6.54 Å². The molecule has 0 saturated carbocycles. The van der Waals surface area contributed by atoms with Crippen molar-refractivity contribution in [1.82, 2.24) is 9.78 Å². The standard InChI is InChI=1S/C16H15N3O/c17-10-15-14(13-8-4-5-9-16(13)20)11-18-19(15)12-6-2-1-3-7-12/h1-9,11,20H,10,17H2. The molecule has 20 heavy (non-hydrogen) atoms. The number of aromatic nitrogens is 2. The predicted molar refractivity (Wildman–Crippen MR) is 78.6 cm³/mol. The molecule has 100 valence electrons. The van der Waals surface area contributed by atoms with Crippen LogP contribution in [0.15, 0.2) is 60.8 Å². The van der Waals surface area contributed by atoms with Gasteiger partial charge in [-0.1, -0.05) is 36.4 Å². The lowest BCUT2D eigenvalue weighted by molar-refractivity contribution is 0.477. The van der Waals surface area contributed by atoms with Crippen LogP contribution in [0.5, 0.6) is 5.75 Å². The van der Waals surface area contributed by atoms with Gasteiger partial charge in [0.05, 0.1) is 17.6 Å². The topological polar surface area (TPSA) is 64.1 Å². The Morgan fingerprint density at radius 1 is 0.950 bits per heavy atom. The first-order valence-corrected chi connectivity index (χ1v) is 6.42. The fourth-order valence-electron chi connectivity index (χ4n) is 2.29. The van der Waals surface area contributed by atoms with Crippen LogP contribution in [0.25, 0.3) is 16.8 Å². The summed E-state index contributed by atoms with van der Waals surface area (Å²) in [6.45, 7) is 0.346. The Hall–Kier alpha value is -2.59. The summed E-state index contributed by atoms with van der Waals surface area (Å²) in [6.07, 6.45) is 1.74. The monoisotopic (exact) mass is 265 g/mol. The quantitative estimate of drug-likeness (QED) is 0.765. The molecule has 4 nitrogen and oxygen atoms in total. The maximum Gasteiger partial charge on any atom is 0.123 e. The minimum atomic E-state index is 0.231. The highest BCUT2D eigenvalue weighted by atomic mass is 16.3. The van der Waals surface area contributed by atoms with E-state index in [0.29, 0.717) is 6.54 Å². The van der Waals surface area contributed by atoms with Crippen LogP contribution in [-0.4, -0.2) is 14.9 Å². The molecule has 1 heterocycles. The third-order valence-electron chi connectivity index (χ3n) is 3.26. The first-order valence-electron chi connectivity index (χ1n) is 6.42. The van der Waals surface area contributed by atoms with Crippen molar-refractivity contribution in [3.63, 3.8) is 0 Å². The molecular formula is C16H15N3O. The van der Waals surface area contributed by atoms with E-state index in [1.54, 1.807) is 18.3 Å². The molecule has 3 N–H and O–H groups in total. The highest BCUT2D eigenvalue weighted by Crippen LogP contribution is 2.31. The number of nitrogens with zero attached hydrogens (tertiary/aromatic N) is 2. The molecule has 0 radical (unpaired) electrons. The summed E-state index contributed by atoms with van der Waals surface area (Å²) in [5.74, 6) is 0.231. The second-order valence-electron chi connectivity index (χ2n) is 4.47. The van der Waals surface area contributed by atoms with Crippen LogP contribution < -0.4 is 5.73 Å². The van der Waals surface area contributed by atoms with Crippen LogP contribution >= 0.6 is 0 Å². The van der Waals surface area contributed by atoms with Gasteiger partial charge in [-0.25, -0.2) is 4.68 Å². The van der Waals surface area contributed by atoms with E-state index >= 15 is 0 Å². The van der Waals surface area contributed by atoms with E-state index in [9.17, 15) is 5.11 Å². The van der Waals surface area contributed by atoms with Crippen molar-refractivity contribution in [3.05, 3.63) is 66.5 Å². The Bertz CT molecular complexity index is 720. The molecule has 0 aliphatic rings. The Morgan fingerprint density at radius 3 is 2.35 bits per heavy atom. The summed E-state index contributed by atoms with van der Waals surface area (Å²) >= 11 is 0. The first-order chi connectivity index (χ1) is 9.81. The maximum absolute atomic E-state index is 9.99. The molecule has 0 aliphatic carbocycles. The van der Waals surface area contributed by atoms with Crippen molar-refractivity contribution in [3.8, 4) is 22.6 Å². The van der Waals surface area contributed by atoms with E-state index in [1.807, 2.05) is 47.1 Å². The number of rotatable bonds is 3. The van der Waals surface area contributed by atoms with Crippen LogP contribution in [0.4, 0.5) is 0 Å². The van der Waals surface area contributed by atoms with Crippen LogP contribution in [0.2, 0.25) is 0 Å². The van der Waals surface area contributed by atoms with Gasteiger partial charge >= 0.3 is 0 Å². The van der Waals surface area contributed by atoms with E-state index < -0.39 is 0 Å². The van der Waals surface area contributed by atoms with E-state index in [2.05, 4.69) is 5.10 Å². The number of hydrogen-bond donors (Lipinski definition) is 2. The number of phenols is 1. The highest BCUT2D eigenvalue weighted by molar-refractivity contribution is 5.72. The largest absolute Gasteiger partial charge is 0.507 e. The smallest absolute Gasteiger partial charge is 0.123 e. The average Bonchev–Trinajstić information content (AvgIpc) is 2.92. The Balaban J connectivity index is 2.16. The Labute approximate surface area is 117 Å². The summed E-state index contributed by atoms with van der Waals surface area (Å²) in [5.41, 5.74) is 9.31. The normalized spacial score (nSPS) is 10.7. The van der Waals surface area contributed by atoms with E-state index in [4.69, 9.17) is 5.73 Å². The molecule has 0 atom stereocenters. The molecule has 2 aromatic carbocycles. The van der Waals surface area contributed by atoms with Gasteiger partial charge in [0, 0.05) is 17.7 Å². The zero-order valence-corrected chi connectivity index (χ0v) is 10.9. The van der Waals surface area contributed by atoms with Gasteiger partial charge in [-0.05, 0) is 18.2 Å². The predicted octanol–water partition coefficient (Wildman–Crippen LogP) is 2.70. The third kappa shape index (κ3) is 2.06. The van der Waals surface area contributed by atoms with Gasteiger partial charge in [-0.15, -0.1) is 0 Å². The summed E-state index contributed by atoms with van der Waals surface area (Å²) < 4.78 is 1.81. The molecule has 3 rings (SSSR count). The van der Waals surface area contributed by atoms with Crippen molar-refractivity contribution in [2.75, 3.05) is 0 Å². The number of nitrogens with two attached hydrogens (primary N) is 1. The Kier molecular flexibility index (Phi) is 3.23. The lowest BCUT2D eigenvalue weighted by Gasteiger charge is -2.08. The SMILES string of the molecule is NCc1c(-c2ccccc2O)cnn1-c1ccccc1. The second-order valence-corrected chi connectivity index (χ2v) is 4.47. The summed E-state index contributed by atoms with van der Waals surface area (Å²) in [7, 11) is 0. The third-order valence-corrected chi connectivity index (χ3v) is 3.26. The van der Waals surface area contributed by atoms with E-state index in [-0.39, 0.29) is 5.75 Å². The van der Waals surface area contributed by atoms with Gasteiger partial charge in [0.2, 0.25) is 0 Å². The van der Waals surface area contributed by atoms with E-state index in [0.717, 1.165) is 22.5 Å². The highest BCUT2D eigenvalue weighted by Gasteiger charge is 2.14. The summed E-state index contributed by atoms with van der Waals surface area (Å²) in [6, 6.07) is 17.0. The van der Waals surface area contributed by atoms with Crippen molar-refractivity contribution < 1.29 is 5.11 Å². The number of hydrogen-bond acceptors (Lipinski definition) is 3. The van der Waals surface area contributed by atoms with Gasteiger partial charge in [0.25, 0.3) is 0 Å². The van der Waals surface area contributed by atoms with Gasteiger partial charge in [-0.3, -0.25) is 0 Å². The number of benzene rings is 2. The van der Waals surface area contributed by atoms with Gasteiger partial charge in [0.15, 0.2) is 0 Å².